The lowest BCUT2D eigenvalue weighted by molar-refractivity contribution is 0.493. The molecule has 0 bridgehead atoms. The van der Waals surface area contributed by atoms with Crippen molar-refractivity contribution in [3.8, 4) is 0 Å². The van der Waals surface area contributed by atoms with E-state index in [-0.39, 0.29) is 0 Å². The van der Waals surface area contributed by atoms with Crippen LogP contribution in [0.2, 0.25) is 11.1 Å². The summed E-state index contributed by atoms with van der Waals surface area (Å²) in [5, 5.41) is 1.13. The summed E-state index contributed by atoms with van der Waals surface area (Å²) in [6, 6.07) is 29.5. The molecule has 0 aliphatic heterocycles. The molecule has 0 aromatic heterocycles. The summed E-state index contributed by atoms with van der Waals surface area (Å²) in [5.74, 6) is 0. The molecule has 1 N–H and O–H groups in total. The van der Waals surface area contributed by atoms with Crippen LogP contribution >= 0.6 is 0 Å². The Kier molecular flexibility index (Phi) is 6.94. The highest BCUT2D eigenvalue weighted by molar-refractivity contribution is 6.87. The fourth-order valence-corrected chi connectivity index (χ4v) is 8.27. The summed E-state index contributed by atoms with van der Waals surface area (Å²) in [6.45, 7) is 8.82. The standard InChI is InChI=1S/C26H33NOSi/c1-5-21(3)29(28,22(4)6-2)26-19-13-18-25(20-26)27(23-14-9-7-10-15-23)24-16-11-8-12-17-24/h7-22,28H,5-6H2,1-4H3. The number of hydrogen-bond acceptors (Lipinski definition) is 2. The third-order valence-electron chi connectivity index (χ3n) is 6.32. The van der Waals surface area contributed by atoms with Crippen molar-refractivity contribution in [2.75, 3.05) is 4.90 Å². The van der Waals surface area contributed by atoms with Crippen molar-refractivity contribution in [1.29, 1.82) is 0 Å². The fourth-order valence-electron chi connectivity index (χ4n) is 4.17. The van der Waals surface area contributed by atoms with Crippen LogP contribution in [0.25, 0.3) is 0 Å². The van der Waals surface area contributed by atoms with Gasteiger partial charge in [0.05, 0.1) is 0 Å². The Balaban J connectivity index is 2.14. The Labute approximate surface area is 177 Å². The van der Waals surface area contributed by atoms with Gasteiger partial charge in [-0.2, -0.15) is 0 Å². The summed E-state index contributed by atoms with van der Waals surface area (Å²) >= 11 is 0. The molecule has 0 amide bonds. The first kappa shape index (κ1) is 21.3. The van der Waals surface area contributed by atoms with E-state index in [4.69, 9.17) is 0 Å². The van der Waals surface area contributed by atoms with E-state index >= 15 is 0 Å². The minimum Gasteiger partial charge on any atom is -0.427 e. The maximum atomic E-state index is 12.0. The second-order valence-corrected chi connectivity index (χ2v) is 12.2. The quantitative estimate of drug-likeness (QED) is 0.413. The van der Waals surface area contributed by atoms with Gasteiger partial charge in [0.1, 0.15) is 0 Å². The SMILES string of the molecule is CCC(C)[Si](O)(c1cccc(N(c2ccccc2)c2ccccc2)c1)C(C)CC. The van der Waals surface area contributed by atoms with Crippen LogP contribution in [0.4, 0.5) is 17.1 Å². The zero-order valence-electron chi connectivity index (χ0n) is 18.0. The topological polar surface area (TPSA) is 23.5 Å². The molecule has 3 heteroatoms. The summed E-state index contributed by atoms with van der Waals surface area (Å²) in [6.07, 6.45) is 2.00. The van der Waals surface area contributed by atoms with E-state index in [0.717, 1.165) is 35.1 Å². The van der Waals surface area contributed by atoms with Crippen molar-refractivity contribution in [2.24, 2.45) is 0 Å². The highest BCUT2D eigenvalue weighted by Gasteiger charge is 2.43. The van der Waals surface area contributed by atoms with E-state index in [9.17, 15) is 4.80 Å². The normalized spacial score (nSPS) is 15.3. The van der Waals surface area contributed by atoms with Gasteiger partial charge in [-0.25, -0.2) is 0 Å². The molecular formula is C26H33NOSi. The fraction of sp³-hybridized carbons (Fsp3) is 0.308. The van der Waals surface area contributed by atoms with E-state index in [0.29, 0.717) is 11.1 Å². The summed E-state index contributed by atoms with van der Waals surface area (Å²) in [5.41, 5.74) is 3.96. The number of rotatable bonds is 8. The summed E-state index contributed by atoms with van der Waals surface area (Å²) in [7, 11) is -2.64. The number of benzene rings is 3. The van der Waals surface area contributed by atoms with Crippen LogP contribution in [-0.4, -0.2) is 13.1 Å². The molecule has 2 atom stereocenters. The Bertz CT molecular complexity index is 847. The Morgan fingerprint density at radius 2 is 1.14 bits per heavy atom. The van der Waals surface area contributed by atoms with E-state index in [1.807, 2.05) is 12.1 Å². The van der Waals surface area contributed by atoms with Gasteiger partial charge >= 0.3 is 0 Å². The van der Waals surface area contributed by atoms with Crippen molar-refractivity contribution < 1.29 is 4.80 Å². The molecule has 2 nitrogen and oxygen atoms in total. The van der Waals surface area contributed by atoms with Crippen LogP contribution in [-0.2, 0) is 0 Å². The first-order valence-corrected chi connectivity index (χ1v) is 12.9. The van der Waals surface area contributed by atoms with E-state index in [1.54, 1.807) is 0 Å². The van der Waals surface area contributed by atoms with Crippen LogP contribution in [0.3, 0.4) is 0 Å². The highest BCUT2D eigenvalue weighted by atomic mass is 28.4. The first-order chi connectivity index (χ1) is 14.0. The molecule has 3 aromatic carbocycles. The minimum atomic E-state index is -2.64. The molecule has 3 rings (SSSR count). The van der Waals surface area contributed by atoms with Crippen molar-refractivity contribution in [2.45, 2.75) is 51.6 Å². The second-order valence-electron chi connectivity index (χ2n) is 8.00. The number of para-hydroxylation sites is 2. The highest BCUT2D eigenvalue weighted by Crippen LogP contribution is 2.37. The maximum Gasteiger partial charge on any atom is 0.225 e. The smallest absolute Gasteiger partial charge is 0.225 e. The monoisotopic (exact) mass is 403 g/mol. The molecule has 2 unspecified atom stereocenters. The van der Waals surface area contributed by atoms with E-state index < -0.39 is 8.32 Å². The third-order valence-corrected chi connectivity index (χ3v) is 11.4. The Morgan fingerprint density at radius 1 is 0.690 bits per heavy atom. The molecule has 29 heavy (non-hydrogen) atoms. The van der Waals surface area contributed by atoms with Crippen LogP contribution in [0.5, 0.6) is 0 Å². The number of hydrogen-bond donors (Lipinski definition) is 1. The summed E-state index contributed by atoms with van der Waals surface area (Å²) in [4.78, 5) is 14.3. The van der Waals surface area contributed by atoms with Gasteiger partial charge in [0.15, 0.2) is 0 Å². The Morgan fingerprint density at radius 3 is 1.59 bits per heavy atom. The van der Waals surface area contributed by atoms with Gasteiger partial charge in [0.2, 0.25) is 8.32 Å². The lowest BCUT2D eigenvalue weighted by Gasteiger charge is -2.37. The molecule has 0 fully saturated rings. The third kappa shape index (κ3) is 4.31. The average molecular weight is 404 g/mol. The molecular weight excluding hydrogens is 370 g/mol. The lowest BCUT2D eigenvalue weighted by atomic mass is 10.2. The number of anilines is 3. The predicted molar refractivity (Wildman–Crippen MR) is 128 cm³/mol. The molecule has 3 aromatic rings. The van der Waals surface area contributed by atoms with E-state index in [1.165, 1.54) is 0 Å². The zero-order chi connectivity index (χ0) is 20.9. The van der Waals surface area contributed by atoms with Crippen molar-refractivity contribution in [1.82, 2.24) is 0 Å². The van der Waals surface area contributed by atoms with E-state index in [2.05, 4.69) is 105 Å². The molecule has 0 radical (unpaired) electrons. The van der Waals surface area contributed by atoms with Crippen LogP contribution in [0.1, 0.15) is 40.5 Å². The number of nitrogens with zero attached hydrogens (tertiary/aromatic N) is 1. The van der Waals surface area contributed by atoms with Gasteiger partial charge in [0, 0.05) is 17.1 Å². The molecule has 0 aliphatic rings. The van der Waals surface area contributed by atoms with Crippen LogP contribution < -0.4 is 10.1 Å². The van der Waals surface area contributed by atoms with Gasteiger partial charge in [-0.1, -0.05) is 89.1 Å². The molecule has 0 aliphatic carbocycles. The molecule has 0 spiro atoms. The first-order valence-electron chi connectivity index (χ1n) is 10.7. The molecule has 152 valence electrons. The van der Waals surface area contributed by atoms with Gasteiger partial charge in [-0.3, -0.25) is 0 Å². The molecule has 0 heterocycles. The van der Waals surface area contributed by atoms with Crippen molar-refractivity contribution >= 4 is 30.6 Å². The Hall–Kier alpha value is -2.36. The largest absolute Gasteiger partial charge is 0.427 e. The van der Waals surface area contributed by atoms with Crippen molar-refractivity contribution in [3.05, 3.63) is 84.9 Å². The van der Waals surface area contributed by atoms with Crippen LogP contribution in [0, 0.1) is 0 Å². The summed E-state index contributed by atoms with van der Waals surface area (Å²) < 4.78 is 0. The second kappa shape index (κ2) is 9.42. The van der Waals surface area contributed by atoms with Gasteiger partial charge in [0.25, 0.3) is 0 Å². The van der Waals surface area contributed by atoms with Gasteiger partial charge in [-0.15, -0.1) is 0 Å². The zero-order valence-corrected chi connectivity index (χ0v) is 19.0. The molecule has 0 saturated heterocycles. The lowest BCUT2D eigenvalue weighted by Crippen LogP contribution is -2.54. The van der Waals surface area contributed by atoms with Gasteiger partial charge < -0.3 is 9.70 Å². The van der Waals surface area contributed by atoms with Crippen molar-refractivity contribution in [3.63, 3.8) is 0 Å². The average Bonchev–Trinajstić information content (AvgIpc) is 2.79. The van der Waals surface area contributed by atoms with Crippen LogP contribution in [0.15, 0.2) is 84.9 Å². The maximum absolute atomic E-state index is 12.0. The minimum absolute atomic E-state index is 0.314. The molecule has 0 saturated carbocycles. The predicted octanol–water partition coefficient (Wildman–Crippen LogP) is 6.90. The van der Waals surface area contributed by atoms with Gasteiger partial charge in [-0.05, 0) is 52.7 Å².